The molecule has 0 bridgehead atoms. The van der Waals surface area contributed by atoms with E-state index in [1.54, 1.807) is 0 Å². The maximum atomic E-state index is 13.8. The summed E-state index contributed by atoms with van der Waals surface area (Å²) in [6.07, 6.45) is 4.69. The van der Waals surface area contributed by atoms with E-state index < -0.39 is 17.8 Å². The van der Waals surface area contributed by atoms with E-state index >= 15 is 0 Å². The van der Waals surface area contributed by atoms with E-state index in [4.69, 9.17) is 21.3 Å². The maximum Gasteiger partial charge on any atom is 0.318 e. The SMILES string of the molecule is [C-]#[N+]C[C@H]1CN(c2nc(OCCN(C)CC3CCC3)nc3c2CCN(c2cccc4cccc(C)c24)C3)CCN1C(=O)C(=C)F. The third-order valence-corrected chi connectivity index (χ3v) is 9.53. The highest BCUT2D eigenvalue weighted by atomic mass is 19.1. The maximum absolute atomic E-state index is 13.8. The lowest BCUT2D eigenvalue weighted by Gasteiger charge is -2.41. The van der Waals surface area contributed by atoms with Crippen molar-refractivity contribution in [2.75, 3.05) is 69.3 Å². The van der Waals surface area contributed by atoms with Gasteiger partial charge in [-0.1, -0.05) is 43.3 Å². The molecular formula is C35H42FN7O2. The number of rotatable bonds is 10. The molecule has 10 heteroatoms. The van der Waals surface area contributed by atoms with Gasteiger partial charge in [-0.2, -0.15) is 9.97 Å². The van der Waals surface area contributed by atoms with Crippen LogP contribution < -0.4 is 14.5 Å². The summed E-state index contributed by atoms with van der Waals surface area (Å²) in [6, 6.07) is 12.7. The number of likely N-dealkylation sites (N-methyl/N-ethyl adjacent to an activating group) is 1. The normalized spacial score (nSPS) is 18.5. The number of ether oxygens (including phenoxy) is 1. The average molecular weight is 612 g/mol. The Balaban J connectivity index is 1.28. The van der Waals surface area contributed by atoms with E-state index in [1.807, 2.05) is 0 Å². The van der Waals surface area contributed by atoms with Crippen LogP contribution in [0.5, 0.6) is 6.01 Å². The molecule has 1 aromatic heterocycles. The van der Waals surface area contributed by atoms with Gasteiger partial charge in [0.2, 0.25) is 6.54 Å². The largest absolute Gasteiger partial charge is 0.462 e. The van der Waals surface area contributed by atoms with Crippen molar-refractivity contribution in [1.82, 2.24) is 19.8 Å². The molecule has 0 radical (unpaired) electrons. The monoisotopic (exact) mass is 611 g/mol. The zero-order chi connectivity index (χ0) is 31.5. The van der Waals surface area contributed by atoms with Gasteiger partial charge in [-0.15, -0.1) is 0 Å². The predicted octanol–water partition coefficient (Wildman–Crippen LogP) is 5.03. The molecular weight excluding hydrogens is 569 g/mol. The van der Waals surface area contributed by atoms with Gasteiger partial charge in [0, 0.05) is 55.9 Å². The van der Waals surface area contributed by atoms with E-state index in [0.717, 1.165) is 49.0 Å². The predicted molar refractivity (Wildman–Crippen MR) is 175 cm³/mol. The summed E-state index contributed by atoms with van der Waals surface area (Å²) >= 11 is 0. The molecule has 0 spiro atoms. The quantitative estimate of drug-likeness (QED) is 0.235. The molecule has 3 aromatic rings. The minimum absolute atomic E-state index is 0.0771. The minimum atomic E-state index is -1.00. The van der Waals surface area contributed by atoms with Crippen molar-refractivity contribution < 1.29 is 13.9 Å². The van der Waals surface area contributed by atoms with E-state index in [9.17, 15) is 9.18 Å². The fourth-order valence-corrected chi connectivity index (χ4v) is 6.92. The van der Waals surface area contributed by atoms with Crippen molar-refractivity contribution in [3.8, 4) is 6.01 Å². The lowest BCUT2D eigenvalue weighted by Crippen LogP contribution is -2.57. The molecule has 2 fully saturated rings. The van der Waals surface area contributed by atoms with Gasteiger partial charge < -0.3 is 29.2 Å². The molecule has 2 aliphatic heterocycles. The third-order valence-electron chi connectivity index (χ3n) is 9.53. The lowest BCUT2D eigenvalue weighted by molar-refractivity contribution is -0.131. The fraction of sp³-hybridized carbons (Fsp3) is 0.486. The lowest BCUT2D eigenvalue weighted by atomic mass is 9.85. The first-order chi connectivity index (χ1) is 21.8. The van der Waals surface area contributed by atoms with Gasteiger partial charge in [-0.3, -0.25) is 4.79 Å². The Bertz CT molecular complexity index is 1610. The van der Waals surface area contributed by atoms with E-state index in [2.05, 4.69) is 76.5 Å². The van der Waals surface area contributed by atoms with Crippen molar-refractivity contribution in [3.05, 3.63) is 77.0 Å². The van der Waals surface area contributed by atoms with Crippen LogP contribution in [0.3, 0.4) is 0 Å². The molecule has 1 amide bonds. The molecule has 1 aliphatic carbocycles. The van der Waals surface area contributed by atoms with Crippen LogP contribution in [0.15, 0.2) is 48.8 Å². The molecule has 2 aromatic carbocycles. The second kappa shape index (κ2) is 13.4. The minimum Gasteiger partial charge on any atom is -0.462 e. The Morgan fingerprint density at radius 2 is 1.96 bits per heavy atom. The van der Waals surface area contributed by atoms with Crippen LogP contribution in [-0.4, -0.2) is 91.2 Å². The summed E-state index contributed by atoms with van der Waals surface area (Å²) < 4.78 is 20.1. The van der Waals surface area contributed by atoms with Gasteiger partial charge in [-0.25, -0.2) is 11.0 Å². The summed E-state index contributed by atoms with van der Waals surface area (Å²) in [6.45, 7) is 17.8. The van der Waals surface area contributed by atoms with Gasteiger partial charge in [0.25, 0.3) is 5.91 Å². The highest BCUT2D eigenvalue weighted by Gasteiger charge is 2.36. The molecule has 0 N–H and O–H groups in total. The summed E-state index contributed by atoms with van der Waals surface area (Å²) in [5.74, 6) is -0.176. The zero-order valence-electron chi connectivity index (χ0n) is 26.3. The second-order valence-electron chi connectivity index (χ2n) is 12.6. The molecule has 236 valence electrons. The van der Waals surface area contributed by atoms with Crippen LogP contribution in [-0.2, 0) is 17.8 Å². The first-order valence-corrected chi connectivity index (χ1v) is 16.0. The number of amides is 1. The highest BCUT2D eigenvalue weighted by molar-refractivity contribution is 5.97. The van der Waals surface area contributed by atoms with Crippen molar-refractivity contribution in [1.29, 1.82) is 0 Å². The number of benzene rings is 2. The molecule has 6 rings (SSSR count). The number of nitrogens with zero attached hydrogens (tertiary/aromatic N) is 7. The van der Waals surface area contributed by atoms with Gasteiger partial charge in [0.15, 0.2) is 5.83 Å². The molecule has 1 saturated heterocycles. The Morgan fingerprint density at radius 1 is 1.16 bits per heavy atom. The van der Waals surface area contributed by atoms with Crippen LogP contribution in [0.1, 0.15) is 36.1 Å². The number of aryl methyl sites for hydroxylation is 1. The zero-order valence-corrected chi connectivity index (χ0v) is 26.3. The first kappa shape index (κ1) is 30.8. The molecule has 9 nitrogen and oxygen atoms in total. The van der Waals surface area contributed by atoms with Crippen LogP contribution >= 0.6 is 0 Å². The summed E-state index contributed by atoms with van der Waals surface area (Å²) in [4.78, 5) is 34.2. The van der Waals surface area contributed by atoms with Crippen molar-refractivity contribution in [2.45, 2.75) is 45.2 Å². The summed E-state index contributed by atoms with van der Waals surface area (Å²) in [5.41, 5.74) is 4.41. The van der Waals surface area contributed by atoms with Gasteiger partial charge >= 0.3 is 6.01 Å². The van der Waals surface area contributed by atoms with Crippen molar-refractivity contribution >= 4 is 28.2 Å². The van der Waals surface area contributed by atoms with Gasteiger partial charge in [0.05, 0.1) is 12.2 Å². The Hall–Kier alpha value is -4.23. The molecule has 3 heterocycles. The first-order valence-electron chi connectivity index (χ1n) is 16.0. The third kappa shape index (κ3) is 6.59. The number of piperazine rings is 1. The van der Waals surface area contributed by atoms with Gasteiger partial charge in [-0.05, 0) is 56.2 Å². The number of anilines is 2. The second-order valence-corrected chi connectivity index (χ2v) is 12.6. The number of hydrogen-bond acceptors (Lipinski definition) is 7. The van der Waals surface area contributed by atoms with Crippen LogP contribution in [0.4, 0.5) is 15.9 Å². The smallest absolute Gasteiger partial charge is 0.318 e. The molecule has 45 heavy (non-hydrogen) atoms. The topological polar surface area (TPSA) is 69.4 Å². The Morgan fingerprint density at radius 3 is 2.69 bits per heavy atom. The highest BCUT2D eigenvalue weighted by Crippen LogP contribution is 2.36. The number of hydrogen-bond donors (Lipinski definition) is 0. The van der Waals surface area contributed by atoms with Crippen LogP contribution in [0.2, 0.25) is 0 Å². The van der Waals surface area contributed by atoms with Crippen LogP contribution in [0, 0.1) is 19.4 Å². The number of carbonyl (C=O) groups excluding carboxylic acids is 1. The molecule has 0 unspecified atom stereocenters. The fourth-order valence-electron chi connectivity index (χ4n) is 6.92. The molecule has 3 aliphatic rings. The number of aromatic nitrogens is 2. The average Bonchev–Trinajstić information content (AvgIpc) is 3.02. The Labute approximate surface area is 265 Å². The van der Waals surface area contributed by atoms with Crippen LogP contribution in [0.25, 0.3) is 15.6 Å². The summed E-state index contributed by atoms with van der Waals surface area (Å²) in [7, 11) is 2.13. The van der Waals surface area contributed by atoms with Crippen molar-refractivity contribution in [3.63, 3.8) is 0 Å². The number of fused-ring (bicyclic) bond motifs is 2. The number of halogens is 1. The van der Waals surface area contributed by atoms with E-state index in [0.29, 0.717) is 32.3 Å². The number of carbonyl (C=O) groups is 1. The summed E-state index contributed by atoms with van der Waals surface area (Å²) in [5, 5.41) is 2.46. The van der Waals surface area contributed by atoms with Gasteiger partial charge in [0.1, 0.15) is 18.5 Å². The molecule has 1 saturated carbocycles. The standard InChI is InChI=1S/C35H42FN7O2/c1-24-8-5-11-27-12-7-13-31(32(24)27)41-15-14-29-30(23-41)38-35(45-19-18-40(4)21-26-9-6-10-26)39-33(29)42-16-17-43(34(44)25(2)36)28(22-42)20-37-3/h5,7-8,11-13,26,28H,2,6,9-10,14-23H2,1,4H3/t28-/m0/s1. The van der Waals surface area contributed by atoms with Crippen molar-refractivity contribution in [2.24, 2.45) is 5.92 Å². The Kier molecular flexibility index (Phi) is 9.17. The molecule has 1 atom stereocenters. The van der Waals surface area contributed by atoms with E-state index in [1.165, 1.54) is 46.2 Å². The van der Waals surface area contributed by atoms with E-state index in [-0.39, 0.29) is 13.1 Å².